The monoisotopic (exact) mass is 498 g/mol. The molecule has 0 radical (unpaired) electrons. The number of hydrogen-bond donors (Lipinski definition) is 1. The fraction of sp³-hybridized carbons (Fsp3) is 0.370. The van der Waals surface area contributed by atoms with Gasteiger partial charge in [0, 0.05) is 0 Å². The van der Waals surface area contributed by atoms with Gasteiger partial charge in [-0.25, -0.2) is 0 Å². The number of carbonyl (C=O) groups is 1. The van der Waals surface area contributed by atoms with E-state index in [1.54, 1.807) is 7.11 Å². The number of aliphatic carboxylic acids is 1. The normalized spacial score (nSPS) is 16.5. The van der Waals surface area contributed by atoms with E-state index in [9.17, 15) is 9.90 Å². The van der Waals surface area contributed by atoms with Gasteiger partial charge in [0.05, 0.1) is 0 Å². The van der Waals surface area contributed by atoms with Gasteiger partial charge >= 0.3 is 197 Å². The molecule has 5 heteroatoms. The van der Waals surface area contributed by atoms with Crippen molar-refractivity contribution in [1.82, 2.24) is 0 Å². The van der Waals surface area contributed by atoms with E-state index < -0.39 is 5.97 Å². The van der Waals surface area contributed by atoms with Gasteiger partial charge in [0.15, 0.2) is 0 Å². The molecule has 0 amide bonds. The zero-order valence-electron chi connectivity index (χ0n) is 19.3. The van der Waals surface area contributed by atoms with E-state index in [-0.39, 0.29) is 32.6 Å². The summed E-state index contributed by atoms with van der Waals surface area (Å²) in [6.45, 7) is 9.31. The Morgan fingerprint density at radius 3 is 2.47 bits per heavy atom. The maximum absolute atomic E-state index is 11.3. The number of methoxy groups -OCH3 is 1. The van der Waals surface area contributed by atoms with Crippen molar-refractivity contribution >= 4 is 31.0 Å². The predicted molar refractivity (Wildman–Crippen MR) is 129 cm³/mol. The molecule has 0 saturated heterocycles. The van der Waals surface area contributed by atoms with Crippen LogP contribution >= 0.6 is 0 Å². The summed E-state index contributed by atoms with van der Waals surface area (Å²) in [6.07, 6.45) is 3.38. The van der Waals surface area contributed by atoms with Crippen LogP contribution in [0.4, 0.5) is 0 Å². The van der Waals surface area contributed by atoms with Crippen LogP contribution in [-0.2, 0) is 20.4 Å². The van der Waals surface area contributed by atoms with Crippen molar-refractivity contribution in [3.63, 3.8) is 0 Å². The van der Waals surface area contributed by atoms with Crippen LogP contribution in [0.15, 0.2) is 48.5 Å². The molecule has 0 spiro atoms. The van der Waals surface area contributed by atoms with Crippen molar-refractivity contribution < 1.29 is 19.4 Å². The molecule has 1 N–H and O–H groups in total. The van der Waals surface area contributed by atoms with E-state index in [0.29, 0.717) is 5.57 Å². The van der Waals surface area contributed by atoms with Crippen LogP contribution in [0.5, 0.6) is 5.75 Å². The summed E-state index contributed by atoms with van der Waals surface area (Å²) in [5, 5.41) is 9.25. The summed E-state index contributed by atoms with van der Waals surface area (Å²) in [7, 11) is 1.63. The first kappa shape index (κ1) is 24.1. The summed E-state index contributed by atoms with van der Waals surface area (Å²) in [5.41, 5.74) is 3.95. The first-order chi connectivity index (χ1) is 15.1. The second kappa shape index (κ2) is 9.96. The Kier molecular flexibility index (Phi) is 7.51. The van der Waals surface area contributed by atoms with Gasteiger partial charge in [0.2, 0.25) is 0 Å². The Labute approximate surface area is 197 Å². The Morgan fingerprint density at radius 1 is 1.12 bits per heavy atom. The zero-order chi connectivity index (χ0) is 23.4. The standard InChI is InChI=1S/C27H30O4Se/c1-26(2)12-13-27(3,4)25-22(26)16-21(17-23(25)31-18-30-5)32-14-11-20(15-24(28)29)19-9-7-6-8-10-19/h6-10,15-17H,12-13,18H2,1-5H3,(H,28,29)/b20-15-. The van der Waals surface area contributed by atoms with E-state index in [0.717, 1.165) is 28.6 Å². The molecule has 2 aromatic rings. The number of hydrogen-bond acceptors (Lipinski definition) is 3. The van der Waals surface area contributed by atoms with Gasteiger partial charge < -0.3 is 0 Å². The minimum absolute atomic E-state index is 0.0237. The SMILES string of the molecule is COCOc1cc([Se]C#C/C(=C/C(=O)O)c2ccccc2)cc2c1C(C)(C)CCC2(C)C. The third-order valence-electron chi connectivity index (χ3n) is 5.90. The Hall–Kier alpha value is -2.51. The van der Waals surface area contributed by atoms with Gasteiger partial charge in [-0.1, -0.05) is 0 Å². The van der Waals surface area contributed by atoms with Crippen LogP contribution in [0.2, 0.25) is 0 Å². The first-order valence-corrected chi connectivity index (χ1v) is 12.3. The molecule has 0 unspecified atom stereocenters. The van der Waals surface area contributed by atoms with Gasteiger partial charge in [-0.05, 0) is 0 Å². The summed E-state index contributed by atoms with van der Waals surface area (Å²) in [5.74, 6) is 2.95. The predicted octanol–water partition coefficient (Wildman–Crippen LogP) is 4.48. The Bertz CT molecular complexity index is 1070. The topological polar surface area (TPSA) is 55.8 Å². The van der Waals surface area contributed by atoms with Crippen LogP contribution in [0.25, 0.3) is 5.57 Å². The van der Waals surface area contributed by atoms with Gasteiger partial charge in [-0.2, -0.15) is 0 Å². The third kappa shape index (κ3) is 5.64. The average Bonchev–Trinajstić information content (AvgIpc) is 2.75. The van der Waals surface area contributed by atoms with Gasteiger partial charge in [0.25, 0.3) is 0 Å². The minimum atomic E-state index is -1.00. The van der Waals surface area contributed by atoms with Gasteiger partial charge in [-0.15, -0.1) is 0 Å². The molecule has 0 fully saturated rings. The van der Waals surface area contributed by atoms with Crippen LogP contribution in [-0.4, -0.2) is 39.9 Å². The van der Waals surface area contributed by atoms with Crippen molar-refractivity contribution in [1.29, 1.82) is 0 Å². The van der Waals surface area contributed by atoms with Crippen LogP contribution in [0, 0.1) is 10.7 Å². The van der Waals surface area contributed by atoms with E-state index in [1.165, 1.54) is 17.2 Å². The van der Waals surface area contributed by atoms with Crippen molar-refractivity contribution in [3.05, 3.63) is 65.2 Å². The van der Waals surface area contributed by atoms with E-state index in [2.05, 4.69) is 50.6 Å². The molecule has 3 rings (SSSR count). The number of carboxylic acids is 1. The number of fused-ring (bicyclic) bond motifs is 1. The van der Waals surface area contributed by atoms with Crippen molar-refractivity contribution in [2.45, 2.75) is 51.4 Å². The number of carboxylic acid groups (broad SMARTS) is 1. The number of rotatable bonds is 6. The molecule has 0 heterocycles. The van der Waals surface area contributed by atoms with E-state index in [4.69, 9.17) is 9.47 Å². The molecule has 168 valence electrons. The third-order valence-corrected chi connectivity index (χ3v) is 7.31. The number of benzene rings is 2. The van der Waals surface area contributed by atoms with Crippen molar-refractivity contribution in [3.8, 4) is 16.5 Å². The Balaban J connectivity index is 2.00. The fourth-order valence-corrected chi connectivity index (χ4v) is 5.38. The number of ether oxygens (including phenoxy) is 2. The molecule has 1 aliphatic rings. The summed E-state index contributed by atoms with van der Waals surface area (Å²) >= 11 is -0.162. The van der Waals surface area contributed by atoms with Crippen molar-refractivity contribution in [2.24, 2.45) is 0 Å². The maximum atomic E-state index is 11.3. The fourth-order valence-electron chi connectivity index (χ4n) is 4.07. The van der Waals surface area contributed by atoms with Gasteiger partial charge in [-0.3, -0.25) is 0 Å². The Morgan fingerprint density at radius 2 is 1.81 bits per heavy atom. The molecular weight excluding hydrogens is 467 g/mol. The molecule has 1 aliphatic carbocycles. The zero-order valence-corrected chi connectivity index (χ0v) is 21.0. The molecule has 0 aliphatic heterocycles. The quantitative estimate of drug-likeness (QED) is 0.277. The summed E-state index contributed by atoms with van der Waals surface area (Å²) in [4.78, 5) is 14.5. The van der Waals surface area contributed by atoms with E-state index in [1.807, 2.05) is 30.3 Å². The molecule has 0 bridgehead atoms. The van der Waals surface area contributed by atoms with Crippen LogP contribution < -0.4 is 9.20 Å². The van der Waals surface area contributed by atoms with E-state index >= 15 is 0 Å². The van der Waals surface area contributed by atoms with Crippen LogP contribution in [0.1, 0.15) is 57.2 Å². The summed E-state index contributed by atoms with van der Waals surface area (Å²) < 4.78 is 12.3. The second-order valence-electron chi connectivity index (χ2n) is 9.25. The average molecular weight is 497 g/mol. The molecule has 0 atom stereocenters. The molecule has 4 nitrogen and oxygen atoms in total. The molecule has 0 saturated carbocycles. The molecule has 32 heavy (non-hydrogen) atoms. The van der Waals surface area contributed by atoms with Crippen molar-refractivity contribution in [2.75, 3.05) is 13.9 Å². The molecule has 0 aromatic heterocycles. The first-order valence-electron chi connectivity index (χ1n) is 10.6. The second-order valence-corrected chi connectivity index (χ2v) is 11.1. The summed E-state index contributed by atoms with van der Waals surface area (Å²) in [6, 6.07) is 13.8. The van der Waals surface area contributed by atoms with Gasteiger partial charge in [0.1, 0.15) is 0 Å². The van der Waals surface area contributed by atoms with Crippen LogP contribution in [0.3, 0.4) is 0 Å². The molecular formula is C27H30O4Se. The molecule has 2 aromatic carbocycles. The number of allylic oxidation sites excluding steroid dienone is 1.